The predicted molar refractivity (Wildman–Crippen MR) is 56.9 cm³/mol. The number of ether oxygens (including phenoxy) is 1. The summed E-state index contributed by atoms with van der Waals surface area (Å²) in [5, 5.41) is 4.97. The van der Waals surface area contributed by atoms with Gasteiger partial charge in [0.25, 0.3) is 0 Å². The fourth-order valence-corrected chi connectivity index (χ4v) is 0.783. The maximum Gasteiger partial charge on any atom is 0.411 e. The van der Waals surface area contributed by atoms with Crippen LogP contribution in [-0.4, -0.2) is 18.5 Å². The van der Waals surface area contributed by atoms with E-state index in [-0.39, 0.29) is 0 Å². The first-order valence-corrected chi connectivity index (χ1v) is 4.73. The number of amides is 1. The number of rotatable bonds is 3. The first-order valence-electron chi connectivity index (χ1n) is 4.73. The van der Waals surface area contributed by atoms with Crippen molar-refractivity contribution in [2.24, 2.45) is 0 Å². The number of carbonyl (C=O) groups excluding carboxylic acids is 1. The van der Waals surface area contributed by atoms with E-state index in [1.807, 2.05) is 0 Å². The molecule has 0 fully saturated rings. The second kappa shape index (κ2) is 5.58. The molecule has 0 aliphatic carbocycles. The quantitative estimate of drug-likeness (QED) is 0.714. The minimum absolute atomic E-state index is 0.536. The molecule has 0 aromatic carbocycles. The molecular formula is C10H19FN2O2. The van der Waals surface area contributed by atoms with Crippen LogP contribution in [0.15, 0.2) is 11.4 Å². The van der Waals surface area contributed by atoms with Gasteiger partial charge in [-0.25, -0.2) is 9.18 Å². The summed E-state index contributed by atoms with van der Waals surface area (Å²) < 4.78 is 17.0. The molecule has 0 unspecified atom stereocenters. The second-order valence-electron chi connectivity index (χ2n) is 4.19. The highest BCUT2D eigenvalue weighted by molar-refractivity contribution is 5.69. The second-order valence-corrected chi connectivity index (χ2v) is 4.19. The van der Waals surface area contributed by atoms with Crippen molar-refractivity contribution >= 4 is 6.09 Å². The topological polar surface area (TPSA) is 50.4 Å². The van der Waals surface area contributed by atoms with E-state index < -0.39 is 18.5 Å². The SMILES string of the molecule is C/C(NCF)=C(\C)NC(=O)OC(C)(C)C. The molecule has 4 nitrogen and oxygen atoms in total. The molecule has 0 radical (unpaired) electrons. The number of alkyl carbamates (subject to hydrolysis) is 1. The van der Waals surface area contributed by atoms with Gasteiger partial charge < -0.3 is 10.1 Å². The van der Waals surface area contributed by atoms with Crippen LogP contribution >= 0.6 is 0 Å². The molecule has 15 heavy (non-hydrogen) atoms. The largest absolute Gasteiger partial charge is 0.444 e. The molecule has 0 bridgehead atoms. The van der Waals surface area contributed by atoms with Crippen LogP contribution < -0.4 is 10.6 Å². The molecule has 0 spiro atoms. The fraction of sp³-hybridized carbons (Fsp3) is 0.700. The Balaban J connectivity index is 4.24. The lowest BCUT2D eigenvalue weighted by Crippen LogP contribution is -2.32. The lowest BCUT2D eigenvalue weighted by Gasteiger charge is -2.20. The van der Waals surface area contributed by atoms with Gasteiger partial charge in [0.15, 0.2) is 6.80 Å². The normalized spacial score (nSPS) is 12.9. The van der Waals surface area contributed by atoms with E-state index in [2.05, 4.69) is 10.6 Å². The van der Waals surface area contributed by atoms with Gasteiger partial charge in [-0.05, 0) is 34.6 Å². The lowest BCUT2D eigenvalue weighted by molar-refractivity contribution is 0.0545. The molecule has 0 aromatic rings. The van der Waals surface area contributed by atoms with Gasteiger partial charge in [0.05, 0.1) is 0 Å². The molecule has 0 atom stereocenters. The Labute approximate surface area is 89.9 Å². The Morgan fingerprint density at radius 3 is 2.20 bits per heavy atom. The Morgan fingerprint density at radius 2 is 1.80 bits per heavy atom. The van der Waals surface area contributed by atoms with Crippen LogP contribution in [-0.2, 0) is 4.74 Å². The van der Waals surface area contributed by atoms with Gasteiger partial charge in [0.1, 0.15) is 5.60 Å². The summed E-state index contributed by atoms with van der Waals surface area (Å²) in [4.78, 5) is 11.3. The Bertz CT molecular complexity index is 257. The highest BCUT2D eigenvalue weighted by atomic mass is 19.1. The summed E-state index contributed by atoms with van der Waals surface area (Å²) in [6.07, 6.45) is -0.542. The van der Waals surface area contributed by atoms with Crippen molar-refractivity contribution in [2.45, 2.75) is 40.2 Å². The van der Waals surface area contributed by atoms with E-state index >= 15 is 0 Å². The smallest absolute Gasteiger partial charge is 0.411 e. The zero-order valence-electron chi connectivity index (χ0n) is 9.90. The first kappa shape index (κ1) is 13.7. The summed E-state index contributed by atoms with van der Waals surface area (Å²) in [5.41, 5.74) is 0.580. The third-order valence-electron chi connectivity index (χ3n) is 1.58. The van der Waals surface area contributed by atoms with Gasteiger partial charge >= 0.3 is 6.09 Å². The molecule has 5 heteroatoms. The fourth-order valence-electron chi connectivity index (χ4n) is 0.783. The number of alkyl halides is 1. The minimum Gasteiger partial charge on any atom is -0.444 e. The molecule has 0 rings (SSSR count). The molecule has 88 valence electrons. The molecule has 0 saturated carbocycles. The van der Waals surface area contributed by atoms with E-state index in [1.165, 1.54) is 0 Å². The van der Waals surface area contributed by atoms with E-state index in [1.54, 1.807) is 34.6 Å². The number of allylic oxidation sites excluding steroid dienone is 2. The zero-order chi connectivity index (χ0) is 12.1. The van der Waals surface area contributed by atoms with Crippen molar-refractivity contribution in [1.29, 1.82) is 0 Å². The lowest BCUT2D eigenvalue weighted by atomic mass is 10.2. The van der Waals surface area contributed by atoms with E-state index in [0.29, 0.717) is 11.4 Å². The van der Waals surface area contributed by atoms with Gasteiger partial charge in [-0.2, -0.15) is 0 Å². The van der Waals surface area contributed by atoms with Crippen molar-refractivity contribution in [3.05, 3.63) is 11.4 Å². The molecule has 0 aromatic heterocycles. The summed E-state index contributed by atoms with van der Waals surface area (Å²) in [6, 6.07) is 0. The first-order chi connectivity index (χ1) is 6.76. The number of hydrogen-bond donors (Lipinski definition) is 2. The Hall–Kier alpha value is -1.26. The van der Waals surface area contributed by atoms with Crippen molar-refractivity contribution in [2.75, 3.05) is 6.80 Å². The van der Waals surface area contributed by atoms with Gasteiger partial charge in [-0.3, -0.25) is 5.32 Å². The van der Waals surface area contributed by atoms with Crippen LogP contribution in [0.3, 0.4) is 0 Å². The monoisotopic (exact) mass is 218 g/mol. The molecule has 2 N–H and O–H groups in total. The highest BCUT2D eigenvalue weighted by Crippen LogP contribution is 2.07. The molecule has 1 amide bonds. The molecule has 0 heterocycles. The average molecular weight is 218 g/mol. The molecule has 0 aliphatic rings. The van der Waals surface area contributed by atoms with Gasteiger partial charge in [0, 0.05) is 11.4 Å². The van der Waals surface area contributed by atoms with Crippen molar-refractivity contribution in [1.82, 2.24) is 10.6 Å². The van der Waals surface area contributed by atoms with Gasteiger partial charge in [-0.1, -0.05) is 0 Å². The third kappa shape index (κ3) is 6.76. The summed E-state index contributed by atoms with van der Waals surface area (Å²) in [7, 11) is 0. The van der Waals surface area contributed by atoms with E-state index in [4.69, 9.17) is 4.74 Å². The standard InChI is InChI=1S/C10H19FN2O2/c1-7(12-6-11)8(2)13-9(14)15-10(3,4)5/h12H,6H2,1-5H3,(H,13,14)/b8-7-. The van der Waals surface area contributed by atoms with E-state index in [9.17, 15) is 9.18 Å². The molecular weight excluding hydrogens is 199 g/mol. The third-order valence-corrected chi connectivity index (χ3v) is 1.58. The maximum absolute atomic E-state index is 11.9. The average Bonchev–Trinajstić information content (AvgIpc) is 2.00. The number of halogens is 1. The van der Waals surface area contributed by atoms with Crippen LogP contribution in [0.25, 0.3) is 0 Å². The van der Waals surface area contributed by atoms with Crippen LogP contribution in [0, 0.1) is 0 Å². The number of carbonyl (C=O) groups is 1. The number of nitrogens with one attached hydrogen (secondary N) is 2. The molecule has 0 aliphatic heterocycles. The summed E-state index contributed by atoms with van der Waals surface area (Å²) >= 11 is 0. The van der Waals surface area contributed by atoms with Crippen molar-refractivity contribution in [3.63, 3.8) is 0 Å². The van der Waals surface area contributed by atoms with Crippen molar-refractivity contribution < 1.29 is 13.9 Å². The minimum atomic E-state index is -0.667. The predicted octanol–water partition coefficient (Wildman–Crippen LogP) is 2.28. The van der Waals surface area contributed by atoms with Crippen molar-refractivity contribution in [3.8, 4) is 0 Å². The number of hydrogen-bond acceptors (Lipinski definition) is 3. The molecule has 0 saturated heterocycles. The van der Waals surface area contributed by atoms with Crippen LogP contribution in [0.5, 0.6) is 0 Å². The van der Waals surface area contributed by atoms with Gasteiger partial charge in [0.2, 0.25) is 0 Å². The maximum atomic E-state index is 11.9. The Morgan fingerprint density at radius 1 is 1.27 bits per heavy atom. The van der Waals surface area contributed by atoms with Crippen LogP contribution in [0.1, 0.15) is 34.6 Å². The highest BCUT2D eigenvalue weighted by Gasteiger charge is 2.16. The Kier molecular flexibility index (Phi) is 5.11. The van der Waals surface area contributed by atoms with Gasteiger partial charge in [-0.15, -0.1) is 0 Å². The zero-order valence-corrected chi connectivity index (χ0v) is 9.90. The summed E-state index contributed by atoms with van der Waals surface area (Å²) in [6.45, 7) is 8.00. The van der Waals surface area contributed by atoms with Crippen LogP contribution in [0.2, 0.25) is 0 Å². The summed E-state index contributed by atoms with van der Waals surface area (Å²) in [5.74, 6) is 0. The van der Waals surface area contributed by atoms with Crippen LogP contribution in [0.4, 0.5) is 9.18 Å². The van der Waals surface area contributed by atoms with E-state index in [0.717, 1.165) is 0 Å².